The van der Waals surface area contributed by atoms with Crippen LogP contribution in [-0.2, 0) is 75.2 Å². The molecule has 12 atom stereocenters. The summed E-state index contributed by atoms with van der Waals surface area (Å²) in [5.74, 6) is -12.0. The van der Waals surface area contributed by atoms with E-state index in [0.29, 0.717) is 30.4 Å². The van der Waals surface area contributed by atoms with Crippen molar-refractivity contribution in [1.82, 2.24) is 62.6 Å². The molecule has 0 aliphatic carbocycles. The van der Waals surface area contributed by atoms with Gasteiger partial charge in [-0.1, -0.05) is 87.4 Å². The number of aromatic hydroxyl groups is 2. The molecule has 534 valence electrons. The van der Waals surface area contributed by atoms with E-state index in [1.54, 1.807) is 39.8 Å². The summed E-state index contributed by atoms with van der Waals surface area (Å²) in [6.07, 6.45) is 1.30. The van der Waals surface area contributed by atoms with Crippen LogP contribution < -0.4 is 59.3 Å². The minimum absolute atomic E-state index is 0.0363. The lowest BCUT2D eigenvalue weighted by molar-refractivity contribution is -0.147. The minimum atomic E-state index is -1.56. The van der Waals surface area contributed by atoms with Gasteiger partial charge in [0.25, 0.3) is 0 Å². The minimum Gasteiger partial charge on any atom is -0.508 e. The third kappa shape index (κ3) is 22.7. The van der Waals surface area contributed by atoms with E-state index in [4.69, 9.17) is 11.5 Å². The molecule has 4 aliphatic rings. The zero-order valence-electron chi connectivity index (χ0n) is 56.0. The Morgan fingerprint density at radius 2 is 0.959 bits per heavy atom. The van der Waals surface area contributed by atoms with Crippen molar-refractivity contribution in [2.45, 2.75) is 192 Å². The molecular formula is C65H96N14O16S2. The number of carbonyl (C=O) groups is 13. The Morgan fingerprint density at radius 3 is 1.44 bits per heavy atom. The predicted octanol–water partition coefficient (Wildman–Crippen LogP) is -1.23. The summed E-state index contributed by atoms with van der Waals surface area (Å²) in [6.45, 7) is 11.1. The molecule has 16 N–H and O–H groups in total. The van der Waals surface area contributed by atoms with Crippen LogP contribution in [0.5, 0.6) is 11.5 Å². The first kappa shape index (κ1) is 77.8. The van der Waals surface area contributed by atoms with Crippen LogP contribution in [0.1, 0.15) is 117 Å². The maximum atomic E-state index is 14.9. The number of fused-ring (bicyclic) bond motifs is 3. The quantitative estimate of drug-likeness (QED) is 0.0778. The van der Waals surface area contributed by atoms with Gasteiger partial charge in [0.1, 0.15) is 84.0 Å². The average molecular weight is 1390 g/mol. The molecule has 0 aromatic heterocycles. The second-order valence-electron chi connectivity index (χ2n) is 26.3. The molecule has 0 radical (unpaired) electrons. The van der Waals surface area contributed by atoms with E-state index in [-0.39, 0.29) is 112 Å². The van der Waals surface area contributed by atoms with Gasteiger partial charge in [0.2, 0.25) is 70.9 Å². The van der Waals surface area contributed by atoms with Crippen molar-refractivity contribution in [2.75, 3.05) is 44.2 Å². The molecule has 97 heavy (non-hydrogen) atoms. The summed E-state index contributed by atoms with van der Waals surface area (Å²) in [5, 5.41) is 54.1. The topological polar surface area (TPSA) is 453 Å². The Morgan fingerprint density at radius 1 is 0.526 bits per heavy atom. The zero-order chi connectivity index (χ0) is 71.4. The summed E-state index contributed by atoms with van der Waals surface area (Å²) in [5.41, 5.74) is 13.1. The Labute approximate surface area is 572 Å². The lowest BCUT2D eigenvalue weighted by Crippen LogP contribution is -2.62. The molecule has 32 heteroatoms. The molecule has 2 aromatic rings. The Balaban J connectivity index is 1.40. The molecule has 12 amide bonds. The molecule has 0 bridgehead atoms. The van der Waals surface area contributed by atoms with Crippen LogP contribution in [0.4, 0.5) is 0 Å². The van der Waals surface area contributed by atoms with E-state index >= 15 is 0 Å². The van der Waals surface area contributed by atoms with Crippen LogP contribution in [0.2, 0.25) is 0 Å². The maximum Gasteiger partial charge on any atom is 0.326 e. The molecule has 4 heterocycles. The molecule has 6 rings (SSSR count). The predicted molar refractivity (Wildman–Crippen MR) is 360 cm³/mol. The number of phenolic OH excluding ortho intramolecular Hbond substituents is 2. The average Bonchev–Trinajstić information content (AvgIpc) is 1.70. The molecule has 0 saturated carbocycles. The second kappa shape index (κ2) is 36.9. The fourth-order valence-corrected chi connectivity index (χ4v) is 14.5. The number of hydrogen-bond donors (Lipinski definition) is 14. The first-order valence-electron chi connectivity index (χ1n) is 33.0. The van der Waals surface area contributed by atoms with Gasteiger partial charge in [-0.3, -0.25) is 57.5 Å². The van der Waals surface area contributed by atoms with Gasteiger partial charge in [-0.15, -0.1) is 0 Å². The Hall–Kier alpha value is -8.23. The third-order valence-corrected chi connectivity index (χ3v) is 19.5. The number of nitrogens with one attached hydrogen (secondary N) is 9. The summed E-state index contributed by atoms with van der Waals surface area (Å²) >= 11 is 0. The van der Waals surface area contributed by atoms with Crippen molar-refractivity contribution in [2.24, 2.45) is 29.2 Å². The highest BCUT2D eigenvalue weighted by molar-refractivity contribution is 8.76. The fraction of sp³-hybridized carbons (Fsp3) is 0.615. The molecular weight excluding hydrogens is 1300 g/mol. The summed E-state index contributed by atoms with van der Waals surface area (Å²) in [7, 11) is 1.97. The van der Waals surface area contributed by atoms with Gasteiger partial charge in [-0.05, 0) is 111 Å². The first-order valence-corrected chi connectivity index (χ1v) is 35.5. The Bertz CT molecular complexity index is 3140. The van der Waals surface area contributed by atoms with E-state index in [1.165, 1.54) is 58.0 Å². The Kier molecular flexibility index (Phi) is 29.6. The highest BCUT2D eigenvalue weighted by Crippen LogP contribution is 2.29. The summed E-state index contributed by atoms with van der Waals surface area (Å²) in [4.78, 5) is 189. The maximum absolute atomic E-state index is 14.9. The van der Waals surface area contributed by atoms with Gasteiger partial charge in [0.05, 0.1) is 0 Å². The molecule has 30 nitrogen and oxygen atoms in total. The number of benzene rings is 2. The largest absolute Gasteiger partial charge is 0.508 e. The van der Waals surface area contributed by atoms with Crippen molar-refractivity contribution < 1.29 is 77.6 Å². The van der Waals surface area contributed by atoms with Gasteiger partial charge in [-0.2, -0.15) is 0 Å². The number of carbonyl (C=O) groups excluding carboxylic acids is 12. The molecule has 0 unspecified atom stereocenters. The van der Waals surface area contributed by atoms with Gasteiger partial charge >= 0.3 is 5.97 Å². The van der Waals surface area contributed by atoms with E-state index in [0.717, 1.165) is 21.6 Å². The number of nitrogens with zero attached hydrogens (tertiary/aromatic N) is 3. The highest BCUT2D eigenvalue weighted by Gasteiger charge is 2.46. The summed E-state index contributed by atoms with van der Waals surface area (Å²) < 4.78 is 0. The molecule has 2 aromatic carbocycles. The van der Waals surface area contributed by atoms with E-state index in [2.05, 4.69) is 47.9 Å². The van der Waals surface area contributed by atoms with Crippen molar-refractivity contribution >= 4 is 98.4 Å². The van der Waals surface area contributed by atoms with Crippen LogP contribution in [0.25, 0.3) is 0 Å². The van der Waals surface area contributed by atoms with Crippen LogP contribution in [0.15, 0.2) is 48.5 Å². The van der Waals surface area contributed by atoms with Gasteiger partial charge < -0.3 is 89.3 Å². The number of hydrogen-bond acceptors (Lipinski definition) is 19. The number of aliphatic carboxylic acids is 1. The first-order chi connectivity index (χ1) is 46.0. The van der Waals surface area contributed by atoms with Crippen LogP contribution in [0, 0.1) is 17.8 Å². The standard InChI is InChI=1S/C65H96N14O16S2/c1-34(2)25-42-54(83)76-49(59(88)74-47(30-66)58(87)73-46(65(94)95)27-36(5)6)32-96-97-33-50(68-37(7)80)63(92)79-24-10-13-53(79)64(93)78-23-9-12-52(78)60(89)71-44(29-39-16-20-41(82)21-17-39)56(85)72-45(26-35(3)4)62(91)77-22-8-11-51(77)61(90)75-48(31-67)57(86)70-43(55(84)69-42)28-38-14-18-40(81)19-15-38/h14-21,34-36,42-53,81-82H,8-13,22-33,66-67H2,1-7H3,(H,68,80)(H,69,84)(H,70,86)(H,71,89)(H,72,85)(H,73,87)(H,74,88)(H,75,90)(H,76,83)(H,94,95)/t42-,43-,44-,45-,46-,47-,48-,49-,50-,51-,52-,53-/m0/s1. The molecule has 0 spiro atoms. The van der Waals surface area contributed by atoms with E-state index < -0.39 is 162 Å². The highest BCUT2D eigenvalue weighted by atomic mass is 33.1. The van der Waals surface area contributed by atoms with Crippen molar-refractivity contribution in [3.63, 3.8) is 0 Å². The number of amides is 12. The van der Waals surface area contributed by atoms with Crippen LogP contribution in [-0.4, -0.2) is 224 Å². The SMILES string of the molecule is CC(=O)N[C@H]1CSSC[C@@H](C(=O)N[C@@H](CN)C(=O)N[C@@H](CC(C)C)C(=O)O)NC(=O)[C@H](CC(C)C)NC(=O)[C@H](Cc2ccc(O)cc2)NC(=O)[C@H](CN)NC(=O)[C@@H]2CCCN2C(=O)[C@H](CC(C)C)NC(=O)[C@H](Cc2ccc(O)cc2)NC(=O)[C@@H]2CCCN2C(=O)[C@@H]2CCCN2C1=O. The number of carboxylic acids is 1. The number of rotatable bonds is 18. The molecule has 4 fully saturated rings. The van der Waals surface area contributed by atoms with Crippen molar-refractivity contribution in [3.05, 3.63) is 59.7 Å². The van der Waals surface area contributed by atoms with Gasteiger partial charge in [0.15, 0.2) is 0 Å². The van der Waals surface area contributed by atoms with E-state index in [1.807, 2.05) is 13.8 Å². The van der Waals surface area contributed by atoms with Gasteiger partial charge in [0, 0.05) is 64.0 Å². The third-order valence-electron chi connectivity index (χ3n) is 17.1. The van der Waals surface area contributed by atoms with Gasteiger partial charge in [-0.25, -0.2) is 4.79 Å². The van der Waals surface area contributed by atoms with Crippen LogP contribution in [0.3, 0.4) is 0 Å². The molecule has 4 aliphatic heterocycles. The lowest BCUT2D eigenvalue weighted by Gasteiger charge is -2.33. The monoisotopic (exact) mass is 1390 g/mol. The normalized spacial score (nSPS) is 25.6. The van der Waals surface area contributed by atoms with Crippen LogP contribution >= 0.6 is 21.6 Å². The van der Waals surface area contributed by atoms with E-state index in [9.17, 15) is 77.6 Å². The smallest absolute Gasteiger partial charge is 0.326 e. The number of nitrogens with two attached hydrogens (primary N) is 2. The lowest BCUT2D eigenvalue weighted by atomic mass is 10.00. The number of carboxylic acid groups (broad SMARTS) is 1. The van der Waals surface area contributed by atoms with Crippen molar-refractivity contribution in [3.8, 4) is 11.5 Å². The second-order valence-corrected chi connectivity index (χ2v) is 28.9. The fourth-order valence-electron chi connectivity index (χ4n) is 12.2. The molecule has 4 saturated heterocycles. The van der Waals surface area contributed by atoms with Crippen molar-refractivity contribution in [1.29, 1.82) is 0 Å². The summed E-state index contributed by atoms with van der Waals surface area (Å²) in [6, 6.07) is -4.56. The number of phenols is 2. The zero-order valence-corrected chi connectivity index (χ0v) is 57.6.